The van der Waals surface area contributed by atoms with E-state index in [0.717, 1.165) is 18.2 Å². The second-order valence-electron chi connectivity index (χ2n) is 25.4. The van der Waals surface area contributed by atoms with Gasteiger partial charge in [-0.3, -0.25) is 0 Å². The molecule has 2 heterocycles. The van der Waals surface area contributed by atoms with Crippen LogP contribution in [0.4, 0.5) is 162 Å². The minimum absolute atomic E-state index is 0.00389. The molecule has 7 aromatic rings. The molecule has 6 N–H and O–H groups in total. The zero-order valence-electron chi connectivity index (χ0n) is 56.1. The number of hydrogen-bond acceptors (Lipinski definition) is 7. The SMILES string of the molecule is CC1(C)OB(c2cc(C(F)(F)F)c(B3OC(C)(C)C(C)(C)O3)cc2C(F)(F)F)OC1(C)C.FC(F)(F)c1cc(Br)c(C(F)(F)F)cc1Br.FC(F)(F)c1ccc(C(F)(F)F)cc1.Nc1ccc(-c2cc(C(F)(F)F)c(-c3ccc(N)cc3C(F)(F)F)cc2C(F)(F)F)c(C(F)(F)F)c1.Nc1ccc(Br)c(C(F)(F)F)c1. The fourth-order valence-corrected chi connectivity index (χ4v) is 11.2. The Morgan fingerprint density at radius 2 is 0.445 bits per heavy atom. The van der Waals surface area contributed by atoms with Gasteiger partial charge < -0.3 is 35.8 Å². The van der Waals surface area contributed by atoms with Crippen molar-refractivity contribution in [2.45, 2.75) is 146 Å². The molecule has 9 rings (SSSR count). The number of hydrogen-bond donors (Lipinski definition) is 3. The molecule has 0 atom stereocenters. The summed E-state index contributed by atoms with van der Waals surface area (Å²) in [5.41, 5.74) is -12.0. The summed E-state index contributed by atoms with van der Waals surface area (Å²) >= 11 is 7.73. The third-order valence-corrected chi connectivity index (χ3v) is 18.4. The van der Waals surface area contributed by atoms with Gasteiger partial charge in [0.25, 0.3) is 0 Å². The number of rotatable bonds is 4. The molecule has 2 fully saturated rings. The smallest absolute Gasteiger partial charge is 0.399 e. The lowest BCUT2D eigenvalue weighted by atomic mass is 9.68. The highest BCUT2D eigenvalue weighted by molar-refractivity contribution is 9.11. The standard InChI is InChI=1S/C22H12F12N2.C20H26B2F6O4.C8H2Br2F6.C8H4F6.C7H5BrF3N/c23-19(24,25)15-5-9(35)1-3-11(15)13-7-18(22(32,33)34)14(8-17(13)21(29,30)31)12-4-2-10(36)6-16(12)20(26,27)28;1-15(2)16(3,4)30-21(29-15)13-9-12(20(26,27)28)14(10-11(13)19(23,24)25)22-31-17(5,6)18(7,8)32-22;9-5-1-3(7(11,12)13)6(10)2-4(5)8(14,15)16;9-7(10,11)5-1-2-6(4-3-5)8(12,13)14;8-6-2-1-4(12)3-5(6)7(9,10)11/h1-8H,35-36H2;9-10H,1-8H3;1-2H;1-4H;1-3H,12H2. The predicted molar refractivity (Wildman–Crippen MR) is 346 cm³/mol. The van der Waals surface area contributed by atoms with Crippen LogP contribution in [-0.4, -0.2) is 36.6 Å². The van der Waals surface area contributed by atoms with Gasteiger partial charge in [0.15, 0.2) is 0 Å². The van der Waals surface area contributed by atoms with Gasteiger partial charge in [-0.2, -0.15) is 145 Å². The average Bonchev–Trinajstić information content (AvgIpc) is 1.65. The van der Waals surface area contributed by atoms with Crippen molar-refractivity contribution in [1.29, 1.82) is 0 Å². The van der Waals surface area contributed by atoms with E-state index in [4.69, 9.17) is 35.8 Å². The molecule has 0 saturated carbocycles. The van der Waals surface area contributed by atoms with Crippen LogP contribution in [0.25, 0.3) is 22.3 Å². The molecule has 0 amide bonds. The number of alkyl halides is 33. The minimum atomic E-state index is -5.56. The van der Waals surface area contributed by atoms with Crippen molar-refractivity contribution in [3.05, 3.63) is 190 Å². The Morgan fingerprint density at radius 1 is 0.236 bits per heavy atom. The van der Waals surface area contributed by atoms with E-state index in [9.17, 15) is 145 Å². The fourth-order valence-electron chi connectivity index (χ4n) is 9.62. The van der Waals surface area contributed by atoms with Gasteiger partial charge in [-0.1, -0.05) is 59.9 Å². The molecule has 2 aliphatic rings. The van der Waals surface area contributed by atoms with Crippen LogP contribution in [0.15, 0.2) is 129 Å². The second-order valence-corrected chi connectivity index (χ2v) is 27.9. The first-order chi connectivity index (χ1) is 49.0. The summed E-state index contributed by atoms with van der Waals surface area (Å²) in [5.74, 6) is 0. The van der Waals surface area contributed by atoms with Gasteiger partial charge in [-0.05, 0) is 192 Å². The maximum atomic E-state index is 14.0. The van der Waals surface area contributed by atoms with E-state index >= 15 is 0 Å². The molecule has 0 bridgehead atoms. The van der Waals surface area contributed by atoms with E-state index in [1.807, 2.05) is 0 Å². The van der Waals surface area contributed by atoms with Crippen LogP contribution in [0.2, 0.25) is 0 Å². The van der Waals surface area contributed by atoms with Crippen molar-refractivity contribution in [3.63, 3.8) is 0 Å². The van der Waals surface area contributed by atoms with Gasteiger partial charge >= 0.3 is 82.2 Å². The highest BCUT2D eigenvalue weighted by Gasteiger charge is 2.58. The maximum Gasteiger partial charge on any atom is 0.495 e. The largest absolute Gasteiger partial charge is 0.495 e. The van der Waals surface area contributed by atoms with E-state index in [1.54, 1.807) is 55.4 Å². The lowest BCUT2D eigenvalue weighted by molar-refractivity contribution is -0.142. The summed E-state index contributed by atoms with van der Waals surface area (Å²) in [6.45, 7) is 12.8. The van der Waals surface area contributed by atoms with Crippen LogP contribution in [0.3, 0.4) is 0 Å². The average molecular weight is 1820 g/mol. The van der Waals surface area contributed by atoms with E-state index in [-0.39, 0.29) is 34.4 Å². The molecule has 2 aliphatic heterocycles. The van der Waals surface area contributed by atoms with Crippen molar-refractivity contribution in [1.82, 2.24) is 0 Å². The van der Waals surface area contributed by atoms with Gasteiger partial charge in [0.1, 0.15) is 0 Å². The zero-order chi connectivity index (χ0) is 85.2. The highest BCUT2D eigenvalue weighted by atomic mass is 79.9. The highest BCUT2D eigenvalue weighted by Crippen LogP contribution is 2.52. The molecule has 110 heavy (non-hydrogen) atoms. The Morgan fingerprint density at radius 3 is 0.664 bits per heavy atom. The molecule has 7 aromatic carbocycles. The molecule has 45 heteroatoms. The molecule has 0 radical (unpaired) electrons. The number of nitrogen functional groups attached to an aromatic ring is 3. The summed E-state index contributed by atoms with van der Waals surface area (Å²) in [5, 5.41) is 0. The fraction of sp³-hybridized carbons (Fsp3) is 0.354. The molecule has 7 nitrogen and oxygen atoms in total. The first-order valence-corrected chi connectivity index (χ1v) is 32.1. The third-order valence-electron chi connectivity index (χ3n) is 16.4. The molecule has 0 spiro atoms. The van der Waals surface area contributed by atoms with Crippen molar-refractivity contribution in [3.8, 4) is 22.3 Å². The zero-order valence-corrected chi connectivity index (χ0v) is 60.9. The van der Waals surface area contributed by atoms with Gasteiger partial charge in [-0.15, -0.1) is 0 Å². The summed E-state index contributed by atoms with van der Waals surface area (Å²) in [4.78, 5) is 0. The second kappa shape index (κ2) is 31.8. The Kier molecular flexibility index (Phi) is 27.1. The van der Waals surface area contributed by atoms with Crippen LogP contribution in [0, 0.1) is 0 Å². The monoisotopic (exact) mass is 1820 g/mol. The molecule has 2 saturated heterocycles. The quantitative estimate of drug-likeness (QED) is 0.0913. The first-order valence-electron chi connectivity index (χ1n) is 29.8. The summed E-state index contributed by atoms with van der Waals surface area (Å²) in [7, 11) is -3.27. The van der Waals surface area contributed by atoms with Gasteiger partial charge in [0.05, 0.1) is 83.6 Å². The summed E-state index contributed by atoms with van der Waals surface area (Å²) in [6.07, 6.45) is -54.7. The third kappa shape index (κ3) is 22.9. The van der Waals surface area contributed by atoms with Crippen LogP contribution in [0.5, 0.6) is 0 Å². The number of anilines is 3. The van der Waals surface area contributed by atoms with Crippen LogP contribution >= 0.6 is 47.8 Å². The van der Waals surface area contributed by atoms with Crippen molar-refractivity contribution < 1.29 is 164 Å². The minimum Gasteiger partial charge on any atom is -0.399 e. The predicted octanol–water partition coefficient (Wildman–Crippen LogP) is 24.6. The number of nitrogens with two attached hydrogens (primary N) is 3. The van der Waals surface area contributed by atoms with E-state index < -0.39 is 219 Å². The Bertz CT molecular complexity index is 4160. The molecule has 0 aliphatic carbocycles. The lowest BCUT2D eigenvalue weighted by Crippen LogP contribution is -2.46. The Balaban J connectivity index is 0.000000264. The number of halogens is 36. The summed E-state index contributed by atoms with van der Waals surface area (Å²) < 4.78 is 452. The van der Waals surface area contributed by atoms with Gasteiger partial charge in [0, 0.05) is 30.5 Å². The molecule has 0 unspecified atom stereocenters. The molecule has 0 aromatic heterocycles. The molecule has 606 valence electrons. The van der Waals surface area contributed by atoms with Crippen LogP contribution < -0.4 is 28.1 Å². The van der Waals surface area contributed by atoms with Crippen molar-refractivity contribution in [2.75, 3.05) is 17.2 Å². The Hall–Kier alpha value is -6.96. The van der Waals surface area contributed by atoms with Crippen LogP contribution in [-0.2, 0) is 86.6 Å². The number of benzene rings is 7. The Labute approximate surface area is 626 Å². The molecular weight excluding hydrogens is 1780 g/mol. The normalized spacial score (nSPS) is 16.2. The van der Waals surface area contributed by atoms with Gasteiger partial charge in [-0.25, -0.2) is 0 Å². The van der Waals surface area contributed by atoms with Crippen molar-refractivity contribution >= 4 is 90.0 Å². The molecular formula is C65H49B2Br3F33N3O4. The maximum absolute atomic E-state index is 14.0. The van der Waals surface area contributed by atoms with Gasteiger partial charge in [0.2, 0.25) is 0 Å². The first kappa shape index (κ1) is 93.6. The van der Waals surface area contributed by atoms with Crippen LogP contribution in [0.1, 0.15) is 117 Å². The van der Waals surface area contributed by atoms with E-state index in [1.165, 1.54) is 12.1 Å². The van der Waals surface area contributed by atoms with E-state index in [0.29, 0.717) is 60.7 Å². The van der Waals surface area contributed by atoms with E-state index in [2.05, 4.69) is 47.8 Å². The lowest BCUT2D eigenvalue weighted by Gasteiger charge is -2.32. The van der Waals surface area contributed by atoms with Crippen molar-refractivity contribution in [2.24, 2.45) is 0 Å². The summed E-state index contributed by atoms with van der Waals surface area (Å²) in [6, 6.07) is 9.21. The topological polar surface area (TPSA) is 115 Å².